The lowest BCUT2D eigenvalue weighted by atomic mass is 10.2. The van der Waals surface area contributed by atoms with E-state index in [9.17, 15) is 13.2 Å². The summed E-state index contributed by atoms with van der Waals surface area (Å²) in [5, 5.41) is 0. The topological polar surface area (TPSA) is 78.8 Å². The molecule has 1 atom stereocenters. The van der Waals surface area contributed by atoms with Crippen molar-refractivity contribution in [2.75, 3.05) is 26.2 Å². The van der Waals surface area contributed by atoms with E-state index in [0.717, 1.165) is 11.4 Å². The normalized spacial score (nSPS) is 20.9. The van der Waals surface area contributed by atoms with E-state index in [4.69, 9.17) is 0 Å². The van der Waals surface area contributed by atoms with Gasteiger partial charge in [-0.15, -0.1) is 0 Å². The van der Waals surface area contributed by atoms with E-state index in [-0.39, 0.29) is 17.8 Å². The molecule has 0 bridgehead atoms. The van der Waals surface area contributed by atoms with Gasteiger partial charge in [0.05, 0.1) is 18.3 Å². The second-order valence-electron chi connectivity index (χ2n) is 7.06. The molecule has 144 valence electrons. The molecule has 2 saturated heterocycles. The molecule has 0 spiro atoms. The zero-order valence-electron chi connectivity index (χ0n) is 15.2. The molecule has 27 heavy (non-hydrogen) atoms. The fourth-order valence-corrected chi connectivity index (χ4v) is 5.28. The highest BCUT2D eigenvalue weighted by Crippen LogP contribution is 2.24. The fourth-order valence-electron chi connectivity index (χ4n) is 3.73. The van der Waals surface area contributed by atoms with Gasteiger partial charge >= 0.3 is 6.03 Å². The first kappa shape index (κ1) is 18.0. The lowest BCUT2D eigenvalue weighted by Gasteiger charge is -2.35. The molecule has 0 saturated carbocycles. The van der Waals surface area contributed by atoms with Crippen LogP contribution in [0.15, 0.2) is 42.7 Å². The standard InChI is InChI=1S/C18H23N5O3S/c1-20-8-7-19-17(20)13-21-11-16-12-22(9-10-23(16)18(21)24)27(25,26)14-15-5-3-2-4-6-15/h2-8,16H,9-14H2,1H3/t16-/m0/s1. The average Bonchev–Trinajstić information content (AvgIpc) is 3.19. The Morgan fingerprint density at radius 3 is 2.63 bits per heavy atom. The summed E-state index contributed by atoms with van der Waals surface area (Å²) < 4.78 is 29.0. The Bertz CT molecular complexity index is 927. The molecule has 1 aromatic heterocycles. The van der Waals surface area contributed by atoms with Gasteiger partial charge in [0.25, 0.3) is 0 Å². The first-order valence-corrected chi connectivity index (χ1v) is 10.6. The number of amides is 2. The Hall–Kier alpha value is -2.39. The molecule has 2 aliphatic rings. The quantitative estimate of drug-likeness (QED) is 0.760. The van der Waals surface area contributed by atoms with Gasteiger partial charge in [0.1, 0.15) is 5.82 Å². The summed E-state index contributed by atoms with van der Waals surface area (Å²) in [6.07, 6.45) is 3.56. The maximum Gasteiger partial charge on any atom is 0.320 e. The predicted molar refractivity (Wildman–Crippen MR) is 100 cm³/mol. The highest BCUT2D eigenvalue weighted by molar-refractivity contribution is 7.88. The van der Waals surface area contributed by atoms with Gasteiger partial charge in [0.2, 0.25) is 10.0 Å². The summed E-state index contributed by atoms with van der Waals surface area (Å²) in [5.74, 6) is 0.808. The minimum atomic E-state index is -3.41. The molecule has 0 aliphatic carbocycles. The molecule has 1 aromatic carbocycles. The van der Waals surface area contributed by atoms with Crippen LogP contribution in [0.3, 0.4) is 0 Å². The lowest BCUT2D eigenvalue weighted by Crippen LogP contribution is -2.53. The number of carbonyl (C=O) groups excluding carboxylic acids is 1. The Labute approximate surface area is 159 Å². The van der Waals surface area contributed by atoms with E-state index in [1.807, 2.05) is 48.1 Å². The smallest absolute Gasteiger partial charge is 0.320 e. The van der Waals surface area contributed by atoms with Crippen LogP contribution < -0.4 is 0 Å². The number of hydrogen-bond donors (Lipinski definition) is 0. The molecule has 0 N–H and O–H groups in total. The number of hydrogen-bond acceptors (Lipinski definition) is 4. The molecule has 2 fully saturated rings. The van der Waals surface area contributed by atoms with Gasteiger partial charge in [-0.3, -0.25) is 0 Å². The van der Waals surface area contributed by atoms with Crippen molar-refractivity contribution >= 4 is 16.1 Å². The van der Waals surface area contributed by atoms with Crippen LogP contribution in [0.5, 0.6) is 0 Å². The SMILES string of the molecule is Cn1ccnc1CN1C[C@H]2CN(S(=O)(=O)Cc3ccccc3)CCN2C1=O. The Morgan fingerprint density at radius 2 is 1.93 bits per heavy atom. The van der Waals surface area contributed by atoms with Gasteiger partial charge in [0, 0.05) is 45.6 Å². The highest BCUT2D eigenvalue weighted by atomic mass is 32.2. The van der Waals surface area contributed by atoms with Crippen molar-refractivity contribution in [3.05, 3.63) is 54.1 Å². The first-order valence-electron chi connectivity index (χ1n) is 8.97. The second kappa shape index (κ2) is 6.97. The molecule has 2 aromatic rings. The van der Waals surface area contributed by atoms with E-state index >= 15 is 0 Å². The lowest BCUT2D eigenvalue weighted by molar-refractivity contribution is 0.159. The maximum atomic E-state index is 12.8. The number of aromatic nitrogens is 2. The van der Waals surface area contributed by atoms with Crippen LogP contribution in [0.2, 0.25) is 0 Å². The van der Waals surface area contributed by atoms with Crippen molar-refractivity contribution in [3.8, 4) is 0 Å². The Balaban J connectivity index is 1.44. The average molecular weight is 389 g/mol. The van der Waals surface area contributed by atoms with Crippen LogP contribution in [0.4, 0.5) is 4.79 Å². The van der Waals surface area contributed by atoms with Gasteiger partial charge < -0.3 is 14.4 Å². The van der Waals surface area contributed by atoms with Gasteiger partial charge in [0.15, 0.2) is 0 Å². The molecular formula is C18H23N5O3S. The van der Waals surface area contributed by atoms with Crippen LogP contribution >= 0.6 is 0 Å². The van der Waals surface area contributed by atoms with Gasteiger partial charge in [-0.1, -0.05) is 30.3 Å². The van der Waals surface area contributed by atoms with Crippen LogP contribution in [-0.4, -0.2) is 70.3 Å². The third kappa shape index (κ3) is 3.57. The van der Waals surface area contributed by atoms with Crippen LogP contribution in [0, 0.1) is 0 Å². The van der Waals surface area contributed by atoms with Gasteiger partial charge in [-0.05, 0) is 5.56 Å². The maximum absolute atomic E-state index is 12.8. The summed E-state index contributed by atoms with van der Waals surface area (Å²) in [7, 11) is -1.51. The molecule has 0 unspecified atom stereocenters. The number of sulfonamides is 1. The fraction of sp³-hybridized carbons (Fsp3) is 0.444. The van der Waals surface area contributed by atoms with Crippen LogP contribution in [0.1, 0.15) is 11.4 Å². The Morgan fingerprint density at radius 1 is 1.15 bits per heavy atom. The third-order valence-electron chi connectivity index (χ3n) is 5.23. The molecule has 9 heteroatoms. The minimum absolute atomic E-state index is 0.00844. The molecule has 0 radical (unpaired) electrons. The third-order valence-corrected chi connectivity index (χ3v) is 7.05. The molecule has 2 amide bonds. The van der Waals surface area contributed by atoms with Gasteiger partial charge in [-0.25, -0.2) is 18.2 Å². The van der Waals surface area contributed by atoms with Crippen molar-refractivity contribution in [1.29, 1.82) is 0 Å². The number of benzene rings is 1. The summed E-state index contributed by atoms with van der Waals surface area (Å²) in [6.45, 7) is 2.06. The number of urea groups is 1. The first-order chi connectivity index (χ1) is 12.9. The van der Waals surface area contributed by atoms with Crippen LogP contribution in [0.25, 0.3) is 0 Å². The molecule has 8 nitrogen and oxygen atoms in total. The highest BCUT2D eigenvalue weighted by Gasteiger charge is 2.43. The predicted octanol–water partition coefficient (Wildman–Crippen LogP) is 0.872. The summed E-state index contributed by atoms with van der Waals surface area (Å²) in [6, 6.07) is 9.04. The zero-order valence-corrected chi connectivity index (χ0v) is 16.0. The van der Waals surface area contributed by atoms with Crippen molar-refractivity contribution in [1.82, 2.24) is 23.7 Å². The van der Waals surface area contributed by atoms with Crippen molar-refractivity contribution in [2.45, 2.75) is 18.3 Å². The van der Waals surface area contributed by atoms with Crippen molar-refractivity contribution in [2.24, 2.45) is 7.05 Å². The van der Waals surface area contributed by atoms with E-state index in [2.05, 4.69) is 4.98 Å². The number of carbonyl (C=O) groups is 1. The van der Waals surface area contributed by atoms with Crippen molar-refractivity contribution in [3.63, 3.8) is 0 Å². The number of imidazole rings is 1. The number of rotatable bonds is 5. The summed E-state index contributed by atoms with van der Waals surface area (Å²) in [5.41, 5.74) is 0.777. The minimum Gasteiger partial charge on any atom is -0.337 e. The van der Waals surface area contributed by atoms with Crippen molar-refractivity contribution < 1.29 is 13.2 Å². The zero-order chi connectivity index (χ0) is 19.0. The molecular weight excluding hydrogens is 366 g/mol. The number of piperazine rings is 1. The van der Waals surface area contributed by atoms with Crippen LogP contribution in [-0.2, 0) is 29.4 Å². The van der Waals surface area contributed by atoms with E-state index in [1.54, 1.807) is 16.0 Å². The Kier molecular flexibility index (Phi) is 4.65. The largest absolute Gasteiger partial charge is 0.337 e. The number of aryl methyl sites for hydroxylation is 1. The van der Waals surface area contributed by atoms with E-state index < -0.39 is 10.0 Å². The molecule has 4 rings (SSSR count). The second-order valence-corrected chi connectivity index (χ2v) is 9.03. The summed E-state index contributed by atoms with van der Waals surface area (Å²) in [4.78, 5) is 20.5. The number of nitrogens with zero attached hydrogens (tertiary/aromatic N) is 5. The monoisotopic (exact) mass is 389 g/mol. The van der Waals surface area contributed by atoms with E-state index in [1.165, 1.54) is 4.31 Å². The molecule has 3 heterocycles. The number of fused-ring (bicyclic) bond motifs is 1. The summed E-state index contributed by atoms with van der Waals surface area (Å²) >= 11 is 0. The van der Waals surface area contributed by atoms with Gasteiger partial charge in [-0.2, -0.15) is 4.31 Å². The van der Waals surface area contributed by atoms with E-state index in [0.29, 0.717) is 32.7 Å². The molecule has 2 aliphatic heterocycles.